The van der Waals surface area contributed by atoms with Gasteiger partial charge in [0, 0.05) is 36.7 Å². The highest BCUT2D eigenvalue weighted by Gasteiger charge is 2.46. The summed E-state index contributed by atoms with van der Waals surface area (Å²) in [6.45, 7) is 7.90. The topological polar surface area (TPSA) is 96.8 Å². The van der Waals surface area contributed by atoms with Crippen molar-refractivity contribution in [3.8, 4) is 5.69 Å². The Labute approximate surface area is 269 Å². The van der Waals surface area contributed by atoms with Crippen molar-refractivity contribution in [2.24, 2.45) is 0 Å². The van der Waals surface area contributed by atoms with Crippen LogP contribution in [0.1, 0.15) is 71.8 Å². The van der Waals surface area contributed by atoms with E-state index in [1.54, 1.807) is 43.5 Å². The fourth-order valence-electron chi connectivity index (χ4n) is 6.25. The number of nitrogens with one attached hydrogen (secondary N) is 1. The minimum absolute atomic E-state index is 0.207. The summed E-state index contributed by atoms with van der Waals surface area (Å²) < 4.78 is 47.8. The van der Waals surface area contributed by atoms with E-state index < -0.39 is 47.2 Å². The number of hydrogen-bond donors (Lipinski definition) is 1. The highest BCUT2D eigenvalue weighted by Crippen LogP contribution is 2.44. The third kappa shape index (κ3) is 6.07. The van der Waals surface area contributed by atoms with Crippen molar-refractivity contribution in [2.45, 2.75) is 64.5 Å². The molecule has 2 aliphatic heterocycles. The molecule has 3 aromatic carbocycles. The summed E-state index contributed by atoms with van der Waals surface area (Å²) in [5.41, 5.74) is 1.83. The van der Waals surface area contributed by atoms with Crippen molar-refractivity contribution < 1.29 is 32.3 Å². The van der Waals surface area contributed by atoms with Gasteiger partial charge in [0.1, 0.15) is 17.5 Å². The summed E-state index contributed by atoms with van der Waals surface area (Å²) in [4.78, 5) is 44.2. The number of rotatable bonds is 5. The summed E-state index contributed by atoms with van der Waals surface area (Å²) in [5, 5.41) is 7.45. The first kappa shape index (κ1) is 31.8. The van der Waals surface area contributed by atoms with Crippen LogP contribution in [0.3, 0.4) is 0 Å². The van der Waals surface area contributed by atoms with Crippen molar-refractivity contribution in [3.05, 3.63) is 112 Å². The SMILES string of the molecule is CCN1C(=O)[C@@H](NC(=O)c2cccc(C(F)(F)F)c2)[C@H](c2cccc3c2CN(C(=O)OC(C)(C)C)C3)c2cnn(-c3ccccc3)c21. The van der Waals surface area contributed by atoms with Gasteiger partial charge in [0.15, 0.2) is 0 Å². The molecule has 0 fully saturated rings. The van der Waals surface area contributed by atoms with E-state index in [4.69, 9.17) is 4.74 Å². The van der Waals surface area contributed by atoms with Crippen molar-refractivity contribution in [3.63, 3.8) is 0 Å². The van der Waals surface area contributed by atoms with Crippen LogP contribution >= 0.6 is 0 Å². The predicted molar refractivity (Wildman–Crippen MR) is 168 cm³/mol. The average molecular weight is 646 g/mol. The molecule has 2 aliphatic rings. The predicted octanol–water partition coefficient (Wildman–Crippen LogP) is 6.44. The molecule has 4 aromatic rings. The maximum absolute atomic E-state index is 14.4. The number of hydrogen-bond acceptors (Lipinski definition) is 5. The number of carbonyl (C=O) groups is 3. The fourth-order valence-corrected chi connectivity index (χ4v) is 6.25. The van der Waals surface area contributed by atoms with Crippen LogP contribution in [-0.4, -0.2) is 50.8 Å². The minimum atomic E-state index is -4.65. The molecule has 9 nitrogen and oxygen atoms in total. The molecule has 0 bridgehead atoms. The number of benzene rings is 3. The normalized spacial score (nSPS) is 17.7. The second kappa shape index (κ2) is 11.9. The Balaban J connectivity index is 1.47. The number of amides is 3. The zero-order chi connectivity index (χ0) is 33.7. The number of aromatic nitrogens is 2. The largest absolute Gasteiger partial charge is 0.444 e. The lowest BCUT2D eigenvalue weighted by Crippen LogP contribution is -2.55. The summed E-state index contributed by atoms with van der Waals surface area (Å²) in [7, 11) is 0. The smallest absolute Gasteiger partial charge is 0.416 e. The lowest BCUT2D eigenvalue weighted by Gasteiger charge is -2.38. The third-order valence-corrected chi connectivity index (χ3v) is 8.29. The molecule has 47 heavy (non-hydrogen) atoms. The third-order valence-electron chi connectivity index (χ3n) is 8.29. The van der Waals surface area contributed by atoms with E-state index >= 15 is 0 Å². The molecule has 0 radical (unpaired) electrons. The molecule has 3 amide bonds. The first-order valence-electron chi connectivity index (χ1n) is 15.3. The zero-order valence-electron chi connectivity index (χ0n) is 26.3. The number of nitrogens with zero attached hydrogens (tertiary/aromatic N) is 4. The number of likely N-dealkylation sites (N-methyl/N-ethyl adjacent to an activating group) is 1. The average Bonchev–Trinajstić information content (AvgIpc) is 3.66. The minimum Gasteiger partial charge on any atom is -0.444 e. The number of fused-ring (bicyclic) bond motifs is 2. The molecule has 0 spiro atoms. The molecular weight excluding hydrogens is 611 g/mol. The van der Waals surface area contributed by atoms with Gasteiger partial charge in [-0.05, 0) is 74.7 Å². The zero-order valence-corrected chi connectivity index (χ0v) is 26.3. The van der Waals surface area contributed by atoms with Gasteiger partial charge in [0.25, 0.3) is 11.8 Å². The Morgan fingerprint density at radius 2 is 1.68 bits per heavy atom. The van der Waals surface area contributed by atoms with E-state index in [9.17, 15) is 27.6 Å². The van der Waals surface area contributed by atoms with Crippen LogP contribution in [0.5, 0.6) is 0 Å². The first-order chi connectivity index (χ1) is 22.3. The van der Waals surface area contributed by atoms with E-state index in [2.05, 4.69) is 10.4 Å². The molecular formula is C35H34F3N5O4. The Bertz CT molecular complexity index is 1850. The van der Waals surface area contributed by atoms with Crippen LogP contribution < -0.4 is 10.2 Å². The number of carbonyl (C=O) groups excluding carboxylic acids is 3. The molecule has 1 N–H and O–H groups in total. The molecule has 2 atom stereocenters. The van der Waals surface area contributed by atoms with Crippen molar-refractivity contribution in [1.29, 1.82) is 0 Å². The first-order valence-corrected chi connectivity index (χ1v) is 15.3. The number of anilines is 1. The quantitative estimate of drug-likeness (QED) is 0.270. The number of alkyl halides is 3. The summed E-state index contributed by atoms with van der Waals surface area (Å²) in [5.74, 6) is -1.51. The molecule has 244 valence electrons. The highest BCUT2D eigenvalue weighted by atomic mass is 19.4. The Hall–Kier alpha value is -5.13. The number of halogens is 3. The molecule has 3 heterocycles. The Kier molecular flexibility index (Phi) is 8.06. The number of ether oxygens (including phenoxy) is 1. The lowest BCUT2D eigenvalue weighted by molar-refractivity contribution is -0.137. The fraction of sp³-hybridized carbons (Fsp3) is 0.314. The van der Waals surface area contributed by atoms with Crippen LogP contribution in [0.15, 0.2) is 79.0 Å². The van der Waals surface area contributed by atoms with Gasteiger partial charge in [-0.1, -0.05) is 42.5 Å². The lowest BCUT2D eigenvalue weighted by atomic mass is 9.79. The highest BCUT2D eigenvalue weighted by molar-refractivity contribution is 6.05. The molecule has 0 saturated heterocycles. The molecule has 12 heteroatoms. The van der Waals surface area contributed by atoms with Crippen molar-refractivity contribution in [1.82, 2.24) is 20.0 Å². The van der Waals surface area contributed by atoms with Crippen LogP contribution in [0.4, 0.5) is 23.8 Å². The van der Waals surface area contributed by atoms with Crippen LogP contribution in [-0.2, 0) is 28.8 Å². The van der Waals surface area contributed by atoms with Gasteiger partial charge in [0.05, 0.1) is 17.4 Å². The van der Waals surface area contributed by atoms with E-state index in [1.807, 2.05) is 48.5 Å². The summed E-state index contributed by atoms with van der Waals surface area (Å²) in [6, 6.07) is 17.8. The van der Waals surface area contributed by atoms with Gasteiger partial charge in [-0.2, -0.15) is 18.3 Å². The van der Waals surface area contributed by atoms with Gasteiger partial charge in [-0.25, -0.2) is 9.48 Å². The van der Waals surface area contributed by atoms with Gasteiger partial charge in [-0.3, -0.25) is 19.4 Å². The van der Waals surface area contributed by atoms with Gasteiger partial charge < -0.3 is 10.1 Å². The van der Waals surface area contributed by atoms with Gasteiger partial charge in [0.2, 0.25) is 0 Å². The van der Waals surface area contributed by atoms with Crippen molar-refractivity contribution >= 4 is 23.7 Å². The van der Waals surface area contributed by atoms with Crippen LogP contribution in [0.2, 0.25) is 0 Å². The Morgan fingerprint density at radius 1 is 0.957 bits per heavy atom. The van der Waals surface area contributed by atoms with E-state index in [0.29, 0.717) is 16.9 Å². The second-order valence-corrected chi connectivity index (χ2v) is 12.6. The van der Waals surface area contributed by atoms with Gasteiger partial charge in [-0.15, -0.1) is 0 Å². The van der Waals surface area contributed by atoms with E-state index in [1.165, 1.54) is 11.0 Å². The number of para-hydroxylation sites is 1. The second-order valence-electron chi connectivity index (χ2n) is 12.6. The van der Waals surface area contributed by atoms with E-state index in [0.717, 1.165) is 35.0 Å². The van der Waals surface area contributed by atoms with Crippen LogP contribution in [0.25, 0.3) is 5.69 Å². The van der Waals surface area contributed by atoms with E-state index in [-0.39, 0.29) is 25.2 Å². The molecule has 0 aliphatic carbocycles. The van der Waals surface area contributed by atoms with Crippen molar-refractivity contribution in [2.75, 3.05) is 11.4 Å². The summed E-state index contributed by atoms with van der Waals surface area (Å²) in [6.07, 6.45) is -3.47. The monoisotopic (exact) mass is 645 g/mol. The van der Waals surface area contributed by atoms with Crippen LogP contribution in [0, 0.1) is 0 Å². The van der Waals surface area contributed by atoms with Gasteiger partial charge >= 0.3 is 12.3 Å². The molecule has 0 saturated carbocycles. The maximum atomic E-state index is 14.4. The molecule has 0 unspecified atom stereocenters. The Morgan fingerprint density at radius 3 is 2.36 bits per heavy atom. The molecule has 6 rings (SSSR count). The summed E-state index contributed by atoms with van der Waals surface area (Å²) >= 11 is 0. The standard InChI is InChI=1S/C35H34F3N5O4/c1-5-42-31-26(18-39-43(31)24-14-7-6-8-15-24)28(25-16-10-12-22-19-41(20-27(22)25)33(46)47-34(2,3)4)29(32(42)45)40-30(44)21-11-9-13-23(17-21)35(36,37)38/h6-18,28-29H,5,19-20H2,1-4H3,(H,40,44)/t28-,29+/m1/s1. The molecule has 1 aromatic heterocycles. The maximum Gasteiger partial charge on any atom is 0.416 e.